The van der Waals surface area contributed by atoms with Gasteiger partial charge in [0.05, 0.1) is 5.69 Å². The van der Waals surface area contributed by atoms with Crippen molar-refractivity contribution in [3.05, 3.63) is 35.5 Å². The summed E-state index contributed by atoms with van der Waals surface area (Å²) < 4.78 is 2.00. The number of benzene rings is 1. The Hall–Kier alpha value is -1.68. The molecule has 4 nitrogen and oxygen atoms in total. The fourth-order valence-electron chi connectivity index (χ4n) is 3.33. The summed E-state index contributed by atoms with van der Waals surface area (Å²) in [5, 5.41) is 8.77. The van der Waals surface area contributed by atoms with E-state index in [2.05, 4.69) is 36.3 Å². The minimum atomic E-state index is 0.480. The first kappa shape index (κ1) is 19.6. The molecule has 2 N–H and O–H groups in total. The van der Waals surface area contributed by atoms with E-state index in [4.69, 9.17) is 5.73 Å². The highest BCUT2D eigenvalue weighted by atomic mass is 15.4. The van der Waals surface area contributed by atoms with Crippen LogP contribution in [0.1, 0.15) is 76.0 Å². The Morgan fingerprint density at radius 2 is 1.56 bits per heavy atom. The number of nitrogens with zero attached hydrogens (tertiary/aromatic N) is 3. The fourth-order valence-corrected chi connectivity index (χ4v) is 3.33. The van der Waals surface area contributed by atoms with E-state index < -0.39 is 0 Å². The van der Waals surface area contributed by atoms with E-state index >= 15 is 0 Å². The largest absolute Gasteiger partial charge is 0.325 e. The third-order valence-corrected chi connectivity index (χ3v) is 4.90. The Morgan fingerprint density at radius 3 is 2.20 bits per heavy atom. The monoisotopic (exact) mass is 342 g/mol. The first-order valence-electron chi connectivity index (χ1n) is 9.96. The summed E-state index contributed by atoms with van der Waals surface area (Å²) in [6, 6.07) is 8.30. The molecule has 1 heterocycles. The minimum Gasteiger partial charge on any atom is -0.325 e. The van der Waals surface area contributed by atoms with Gasteiger partial charge in [0.25, 0.3) is 0 Å². The highest BCUT2D eigenvalue weighted by Crippen LogP contribution is 2.24. The Labute approximate surface area is 152 Å². The number of hydrogen-bond acceptors (Lipinski definition) is 3. The molecule has 0 atom stereocenters. The predicted octanol–water partition coefficient (Wildman–Crippen LogP) is 5.24. The van der Waals surface area contributed by atoms with Crippen LogP contribution in [0, 0.1) is 6.92 Å². The molecule has 0 unspecified atom stereocenters. The standard InChI is InChI=1S/C21H34N4/c1-3-4-5-6-7-8-9-10-13-16-25-20(17-22)21(23-24-25)19-15-12-11-14-18(19)2/h11-12,14-15H,3-10,13,16-17,22H2,1-2H3. The van der Waals surface area contributed by atoms with Gasteiger partial charge in [0.1, 0.15) is 5.69 Å². The maximum absolute atomic E-state index is 5.99. The molecule has 0 radical (unpaired) electrons. The molecule has 0 saturated carbocycles. The van der Waals surface area contributed by atoms with Gasteiger partial charge in [-0.3, -0.25) is 0 Å². The number of aryl methyl sites for hydroxylation is 2. The number of hydrogen-bond donors (Lipinski definition) is 1. The van der Waals surface area contributed by atoms with Gasteiger partial charge < -0.3 is 5.73 Å². The molecule has 0 spiro atoms. The molecule has 25 heavy (non-hydrogen) atoms. The Bertz CT molecular complexity index is 618. The van der Waals surface area contributed by atoms with E-state index in [0.717, 1.165) is 29.9 Å². The van der Waals surface area contributed by atoms with Gasteiger partial charge in [0, 0.05) is 18.7 Å². The quantitative estimate of drug-likeness (QED) is 0.536. The molecule has 2 aromatic rings. The van der Waals surface area contributed by atoms with Gasteiger partial charge >= 0.3 is 0 Å². The average Bonchev–Trinajstić information content (AvgIpc) is 3.03. The van der Waals surface area contributed by atoms with Crippen LogP contribution in [0.2, 0.25) is 0 Å². The second-order valence-electron chi connectivity index (χ2n) is 6.96. The van der Waals surface area contributed by atoms with Crippen molar-refractivity contribution in [3.8, 4) is 11.3 Å². The summed E-state index contributed by atoms with van der Waals surface area (Å²) in [6.07, 6.45) is 12.0. The van der Waals surface area contributed by atoms with Crippen molar-refractivity contribution in [2.45, 2.75) is 84.7 Å². The van der Waals surface area contributed by atoms with Crippen LogP contribution >= 0.6 is 0 Å². The van der Waals surface area contributed by atoms with Gasteiger partial charge in [-0.25, -0.2) is 4.68 Å². The van der Waals surface area contributed by atoms with Gasteiger partial charge in [-0.2, -0.15) is 0 Å². The van der Waals surface area contributed by atoms with Crippen molar-refractivity contribution in [2.24, 2.45) is 5.73 Å². The number of aromatic nitrogens is 3. The van der Waals surface area contributed by atoms with Gasteiger partial charge in [-0.15, -0.1) is 5.10 Å². The van der Waals surface area contributed by atoms with Crippen molar-refractivity contribution >= 4 is 0 Å². The molecular weight excluding hydrogens is 308 g/mol. The molecule has 0 fully saturated rings. The van der Waals surface area contributed by atoms with Crippen LogP contribution in [0.4, 0.5) is 0 Å². The zero-order chi connectivity index (χ0) is 17.9. The summed E-state index contributed by atoms with van der Waals surface area (Å²) in [5.41, 5.74) is 10.3. The maximum Gasteiger partial charge on any atom is 0.117 e. The lowest BCUT2D eigenvalue weighted by atomic mass is 10.0. The third-order valence-electron chi connectivity index (χ3n) is 4.90. The third kappa shape index (κ3) is 5.96. The molecule has 138 valence electrons. The van der Waals surface area contributed by atoms with E-state index in [1.807, 2.05) is 16.8 Å². The lowest BCUT2D eigenvalue weighted by Gasteiger charge is -2.08. The first-order valence-corrected chi connectivity index (χ1v) is 9.96. The SMILES string of the molecule is CCCCCCCCCCCn1nnc(-c2ccccc2C)c1CN. The van der Waals surface area contributed by atoms with E-state index in [0.29, 0.717) is 6.54 Å². The second-order valence-corrected chi connectivity index (χ2v) is 6.96. The molecule has 0 saturated heterocycles. The topological polar surface area (TPSA) is 56.7 Å². The molecule has 0 aliphatic carbocycles. The highest BCUT2D eigenvalue weighted by molar-refractivity contribution is 5.65. The van der Waals surface area contributed by atoms with Gasteiger partial charge in [-0.05, 0) is 18.9 Å². The molecule has 0 aliphatic heterocycles. The molecule has 4 heteroatoms. The Balaban J connectivity index is 1.79. The van der Waals surface area contributed by atoms with Crippen molar-refractivity contribution < 1.29 is 0 Å². The number of nitrogens with two attached hydrogens (primary N) is 1. The lowest BCUT2D eigenvalue weighted by Crippen LogP contribution is -2.10. The molecular formula is C21H34N4. The van der Waals surface area contributed by atoms with E-state index in [1.54, 1.807) is 0 Å². The summed E-state index contributed by atoms with van der Waals surface area (Å²) in [5.74, 6) is 0. The fraction of sp³-hybridized carbons (Fsp3) is 0.619. The molecule has 1 aromatic carbocycles. The van der Waals surface area contributed by atoms with Crippen LogP contribution in [0.25, 0.3) is 11.3 Å². The van der Waals surface area contributed by atoms with Crippen molar-refractivity contribution in [1.29, 1.82) is 0 Å². The van der Waals surface area contributed by atoms with Crippen LogP contribution < -0.4 is 5.73 Å². The highest BCUT2D eigenvalue weighted by Gasteiger charge is 2.14. The molecule has 1 aromatic heterocycles. The van der Waals surface area contributed by atoms with Gasteiger partial charge in [0.15, 0.2) is 0 Å². The van der Waals surface area contributed by atoms with Crippen LogP contribution in [0.5, 0.6) is 0 Å². The molecule has 0 aliphatic rings. The summed E-state index contributed by atoms with van der Waals surface area (Å²) in [6.45, 7) is 5.77. The van der Waals surface area contributed by atoms with Crippen molar-refractivity contribution in [3.63, 3.8) is 0 Å². The van der Waals surface area contributed by atoms with Crippen LogP contribution in [0.15, 0.2) is 24.3 Å². The summed E-state index contributed by atoms with van der Waals surface area (Å²) in [7, 11) is 0. The molecule has 0 amide bonds. The smallest absolute Gasteiger partial charge is 0.117 e. The van der Waals surface area contributed by atoms with E-state index in [1.165, 1.54) is 56.9 Å². The first-order chi connectivity index (χ1) is 12.3. The summed E-state index contributed by atoms with van der Waals surface area (Å²) >= 11 is 0. The van der Waals surface area contributed by atoms with Crippen LogP contribution in [-0.4, -0.2) is 15.0 Å². The Kier molecular flexibility index (Phi) is 8.67. The summed E-state index contributed by atoms with van der Waals surface area (Å²) in [4.78, 5) is 0. The second kappa shape index (κ2) is 11.0. The van der Waals surface area contributed by atoms with Crippen LogP contribution in [0.3, 0.4) is 0 Å². The van der Waals surface area contributed by atoms with E-state index in [-0.39, 0.29) is 0 Å². The zero-order valence-corrected chi connectivity index (χ0v) is 16.0. The number of rotatable bonds is 12. The Morgan fingerprint density at radius 1 is 0.920 bits per heavy atom. The lowest BCUT2D eigenvalue weighted by molar-refractivity contribution is 0.498. The van der Waals surface area contributed by atoms with Crippen molar-refractivity contribution in [2.75, 3.05) is 0 Å². The van der Waals surface area contributed by atoms with Gasteiger partial charge in [0.2, 0.25) is 0 Å². The zero-order valence-electron chi connectivity index (χ0n) is 16.0. The number of unbranched alkanes of at least 4 members (excludes halogenated alkanes) is 8. The minimum absolute atomic E-state index is 0.480. The predicted molar refractivity (Wildman–Crippen MR) is 105 cm³/mol. The van der Waals surface area contributed by atoms with E-state index in [9.17, 15) is 0 Å². The normalized spacial score (nSPS) is 11.2. The van der Waals surface area contributed by atoms with Crippen LogP contribution in [-0.2, 0) is 13.1 Å². The maximum atomic E-state index is 5.99. The molecule has 2 rings (SSSR count). The van der Waals surface area contributed by atoms with Crippen molar-refractivity contribution in [1.82, 2.24) is 15.0 Å². The average molecular weight is 343 g/mol. The molecule has 0 bridgehead atoms. The van der Waals surface area contributed by atoms with Gasteiger partial charge in [-0.1, -0.05) is 87.8 Å².